The van der Waals surface area contributed by atoms with Gasteiger partial charge in [-0.3, -0.25) is 4.79 Å². The molecule has 24 heavy (non-hydrogen) atoms. The van der Waals surface area contributed by atoms with Gasteiger partial charge in [0.15, 0.2) is 0 Å². The van der Waals surface area contributed by atoms with E-state index in [-0.39, 0.29) is 11.3 Å². The Morgan fingerprint density at radius 2 is 2.00 bits per heavy atom. The molecular formula is C19H25N3OS. The summed E-state index contributed by atoms with van der Waals surface area (Å²) in [6, 6.07) is 10.2. The molecule has 0 spiro atoms. The smallest absolute Gasteiger partial charge is 0.224 e. The first kappa shape index (κ1) is 17.1. The number of carbonyl (C=O) groups is 1. The van der Waals surface area contributed by atoms with Crippen molar-refractivity contribution in [3.8, 4) is 5.69 Å². The molecule has 4 nitrogen and oxygen atoms in total. The zero-order chi connectivity index (χ0) is 17.1. The van der Waals surface area contributed by atoms with Crippen molar-refractivity contribution in [3.05, 3.63) is 47.3 Å². The summed E-state index contributed by atoms with van der Waals surface area (Å²) in [5.41, 5.74) is 4.42. The molecule has 1 aliphatic rings. The van der Waals surface area contributed by atoms with Crippen molar-refractivity contribution < 1.29 is 4.79 Å². The number of unbranched alkanes of at least 4 members (excludes halogenated alkanes) is 1. The fourth-order valence-electron chi connectivity index (χ4n) is 3.26. The van der Waals surface area contributed by atoms with Crippen LogP contribution in [0.2, 0.25) is 0 Å². The van der Waals surface area contributed by atoms with Crippen LogP contribution in [0.3, 0.4) is 0 Å². The van der Waals surface area contributed by atoms with Crippen molar-refractivity contribution in [2.75, 3.05) is 12.3 Å². The van der Waals surface area contributed by atoms with Crippen molar-refractivity contribution in [1.82, 2.24) is 14.7 Å². The highest BCUT2D eigenvalue weighted by atomic mass is 32.2. The minimum Gasteiger partial charge on any atom is -0.326 e. The predicted molar refractivity (Wildman–Crippen MR) is 99.5 cm³/mol. The molecule has 1 unspecified atom stereocenters. The quantitative estimate of drug-likeness (QED) is 0.814. The zero-order valence-electron chi connectivity index (χ0n) is 14.7. The van der Waals surface area contributed by atoms with Gasteiger partial charge >= 0.3 is 0 Å². The molecular weight excluding hydrogens is 318 g/mol. The zero-order valence-corrected chi connectivity index (χ0v) is 15.5. The SMILES string of the molecule is CCCCN1C(=O)CCSC1c1c(C)nn(-c2ccccc2)c1C. The van der Waals surface area contributed by atoms with Crippen LogP contribution in [-0.4, -0.2) is 32.9 Å². The molecule has 2 aromatic rings. The molecule has 1 aliphatic heterocycles. The molecule has 1 saturated heterocycles. The van der Waals surface area contributed by atoms with Gasteiger partial charge in [-0.1, -0.05) is 31.5 Å². The van der Waals surface area contributed by atoms with Gasteiger partial charge in [-0.15, -0.1) is 11.8 Å². The maximum absolute atomic E-state index is 12.5. The van der Waals surface area contributed by atoms with E-state index in [0.717, 1.165) is 42.2 Å². The van der Waals surface area contributed by atoms with Crippen LogP contribution < -0.4 is 0 Å². The summed E-state index contributed by atoms with van der Waals surface area (Å²) in [6.45, 7) is 7.17. The van der Waals surface area contributed by atoms with Crippen LogP contribution in [-0.2, 0) is 4.79 Å². The Labute approximate surface area is 148 Å². The second kappa shape index (κ2) is 7.43. The predicted octanol–water partition coefficient (Wildman–Crippen LogP) is 4.25. The number of carbonyl (C=O) groups excluding carboxylic acids is 1. The number of amides is 1. The summed E-state index contributed by atoms with van der Waals surface area (Å²) in [5.74, 6) is 1.17. The lowest BCUT2D eigenvalue weighted by Crippen LogP contribution is -2.38. The number of thioether (sulfide) groups is 1. The third kappa shape index (κ3) is 3.22. The summed E-state index contributed by atoms with van der Waals surface area (Å²) in [7, 11) is 0. The van der Waals surface area contributed by atoms with Crippen molar-refractivity contribution in [2.45, 2.75) is 45.4 Å². The molecule has 0 radical (unpaired) electrons. The minimum atomic E-state index is 0.0928. The van der Waals surface area contributed by atoms with Crippen molar-refractivity contribution in [1.29, 1.82) is 0 Å². The molecule has 0 bridgehead atoms. The van der Waals surface area contributed by atoms with E-state index in [9.17, 15) is 4.79 Å². The maximum atomic E-state index is 12.5. The van der Waals surface area contributed by atoms with Gasteiger partial charge in [0.2, 0.25) is 5.91 Å². The highest BCUT2D eigenvalue weighted by molar-refractivity contribution is 7.99. The Morgan fingerprint density at radius 1 is 1.25 bits per heavy atom. The van der Waals surface area contributed by atoms with E-state index in [4.69, 9.17) is 5.10 Å². The van der Waals surface area contributed by atoms with Crippen molar-refractivity contribution >= 4 is 17.7 Å². The average molecular weight is 343 g/mol. The summed E-state index contributed by atoms with van der Waals surface area (Å²) in [4.78, 5) is 14.5. The normalized spacial score (nSPS) is 18.2. The number of hydrogen-bond donors (Lipinski definition) is 0. The third-order valence-corrected chi connectivity index (χ3v) is 5.79. The number of aryl methyl sites for hydroxylation is 1. The fourth-order valence-corrected chi connectivity index (χ4v) is 4.69. The van der Waals surface area contributed by atoms with Crippen molar-refractivity contribution in [3.63, 3.8) is 0 Å². The van der Waals surface area contributed by atoms with E-state index in [1.165, 1.54) is 5.56 Å². The summed E-state index contributed by atoms with van der Waals surface area (Å²) >= 11 is 1.87. The van der Waals surface area contributed by atoms with Crippen molar-refractivity contribution in [2.24, 2.45) is 0 Å². The first-order chi connectivity index (χ1) is 11.6. The molecule has 3 rings (SSSR count). The number of aromatic nitrogens is 2. The number of benzene rings is 1. The summed E-state index contributed by atoms with van der Waals surface area (Å²) in [5, 5.41) is 4.85. The van der Waals surface area contributed by atoms with Crippen LogP contribution in [0.1, 0.15) is 48.5 Å². The van der Waals surface area contributed by atoms with Crippen LogP contribution in [0.25, 0.3) is 5.69 Å². The Balaban J connectivity index is 1.98. The topological polar surface area (TPSA) is 38.1 Å². The second-order valence-electron chi connectivity index (χ2n) is 6.25. The molecule has 1 fully saturated rings. The third-order valence-electron chi connectivity index (χ3n) is 4.54. The standard InChI is InChI=1S/C19H25N3OS/c1-4-5-12-21-17(23)11-13-24-19(21)18-14(2)20-22(15(18)3)16-9-7-6-8-10-16/h6-10,19H,4-5,11-13H2,1-3H3. The summed E-state index contributed by atoms with van der Waals surface area (Å²) < 4.78 is 2.00. The first-order valence-corrected chi connectivity index (χ1v) is 9.71. The Hall–Kier alpha value is -1.75. The van der Waals surface area contributed by atoms with Crippen LogP contribution in [0.4, 0.5) is 0 Å². The molecule has 1 aromatic carbocycles. The van der Waals surface area contributed by atoms with E-state index in [2.05, 4.69) is 37.8 Å². The van der Waals surface area contributed by atoms with Crippen LogP contribution in [0, 0.1) is 13.8 Å². The number of hydrogen-bond acceptors (Lipinski definition) is 3. The largest absolute Gasteiger partial charge is 0.326 e. The molecule has 0 aliphatic carbocycles. The van der Waals surface area contributed by atoms with Gasteiger partial charge in [-0.05, 0) is 32.4 Å². The van der Waals surface area contributed by atoms with Gasteiger partial charge in [0.1, 0.15) is 5.37 Å². The highest BCUT2D eigenvalue weighted by Crippen LogP contribution is 2.40. The van der Waals surface area contributed by atoms with E-state index in [1.54, 1.807) is 0 Å². The fraction of sp³-hybridized carbons (Fsp3) is 0.474. The molecule has 2 heterocycles. The van der Waals surface area contributed by atoms with Gasteiger partial charge in [0.05, 0.1) is 11.4 Å². The lowest BCUT2D eigenvalue weighted by Gasteiger charge is -2.35. The lowest BCUT2D eigenvalue weighted by atomic mass is 10.1. The number of para-hydroxylation sites is 1. The molecule has 1 atom stereocenters. The molecule has 0 N–H and O–H groups in total. The van der Waals surface area contributed by atoms with E-state index in [0.29, 0.717) is 6.42 Å². The average Bonchev–Trinajstić information content (AvgIpc) is 2.89. The Bertz CT molecular complexity index is 711. The van der Waals surface area contributed by atoms with Gasteiger partial charge in [-0.2, -0.15) is 5.10 Å². The Kier molecular flexibility index (Phi) is 5.29. The van der Waals surface area contributed by atoms with Gasteiger partial charge in [-0.25, -0.2) is 4.68 Å². The summed E-state index contributed by atoms with van der Waals surface area (Å²) in [6.07, 6.45) is 2.80. The van der Waals surface area contributed by atoms with E-state index < -0.39 is 0 Å². The van der Waals surface area contributed by atoms with Crippen LogP contribution >= 0.6 is 11.8 Å². The highest BCUT2D eigenvalue weighted by Gasteiger charge is 2.33. The first-order valence-electron chi connectivity index (χ1n) is 8.66. The minimum absolute atomic E-state index is 0.0928. The maximum Gasteiger partial charge on any atom is 0.224 e. The number of nitrogens with zero attached hydrogens (tertiary/aromatic N) is 3. The lowest BCUT2D eigenvalue weighted by molar-refractivity contribution is -0.132. The van der Waals surface area contributed by atoms with E-state index >= 15 is 0 Å². The number of rotatable bonds is 5. The van der Waals surface area contributed by atoms with Crippen LogP contribution in [0.15, 0.2) is 30.3 Å². The second-order valence-corrected chi connectivity index (χ2v) is 7.43. The van der Waals surface area contributed by atoms with Gasteiger partial charge < -0.3 is 4.90 Å². The molecule has 0 saturated carbocycles. The van der Waals surface area contributed by atoms with Gasteiger partial charge in [0.25, 0.3) is 0 Å². The molecule has 1 aromatic heterocycles. The Morgan fingerprint density at radius 3 is 2.71 bits per heavy atom. The monoisotopic (exact) mass is 343 g/mol. The van der Waals surface area contributed by atoms with Crippen LogP contribution in [0.5, 0.6) is 0 Å². The van der Waals surface area contributed by atoms with Gasteiger partial charge in [0, 0.05) is 30.0 Å². The molecule has 128 valence electrons. The molecule has 1 amide bonds. The van der Waals surface area contributed by atoms with E-state index in [1.807, 2.05) is 34.6 Å². The molecule has 5 heteroatoms.